The first-order valence-electron chi connectivity index (χ1n) is 8.56. The number of ether oxygens (including phenoxy) is 3. The highest BCUT2D eigenvalue weighted by Gasteiger charge is 2.43. The van der Waals surface area contributed by atoms with Crippen molar-refractivity contribution < 1.29 is 29.5 Å². The van der Waals surface area contributed by atoms with Crippen LogP contribution in [0.2, 0.25) is 0 Å². The van der Waals surface area contributed by atoms with Crippen LogP contribution in [0.3, 0.4) is 0 Å². The predicted molar refractivity (Wildman–Crippen MR) is 95.2 cm³/mol. The summed E-state index contributed by atoms with van der Waals surface area (Å²) < 4.78 is 16.5. The van der Waals surface area contributed by atoms with E-state index in [0.29, 0.717) is 12.2 Å². The molecule has 0 saturated carbocycles. The number of para-hydroxylation sites is 1. The van der Waals surface area contributed by atoms with E-state index in [1.165, 1.54) is 0 Å². The lowest BCUT2D eigenvalue weighted by molar-refractivity contribution is -0.268. The summed E-state index contributed by atoms with van der Waals surface area (Å²) in [7, 11) is 1.62. The van der Waals surface area contributed by atoms with Gasteiger partial charge in [-0.15, -0.1) is 0 Å². The molecule has 0 radical (unpaired) electrons. The van der Waals surface area contributed by atoms with Crippen LogP contribution >= 0.6 is 0 Å². The molecule has 2 aromatic carbocycles. The molecular formula is C20H24O6. The van der Waals surface area contributed by atoms with Crippen LogP contribution in [0, 0.1) is 0 Å². The minimum atomic E-state index is -1.34. The van der Waals surface area contributed by atoms with Gasteiger partial charge in [-0.25, -0.2) is 0 Å². The molecule has 1 fully saturated rings. The van der Waals surface area contributed by atoms with Crippen molar-refractivity contribution in [2.75, 3.05) is 7.11 Å². The first-order chi connectivity index (χ1) is 12.5. The van der Waals surface area contributed by atoms with Gasteiger partial charge in [0.25, 0.3) is 0 Å². The number of aliphatic hydroxyl groups is 3. The van der Waals surface area contributed by atoms with Gasteiger partial charge in [-0.2, -0.15) is 0 Å². The Bertz CT molecular complexity index is 716. The van der Waals surface area contributed by atoms with Gasteiger partial charge in [-0.05, 0) is 36.2 Å². The van der Waals surface area contributed by atoms with Gasteiger partial charge in [0, 0.05) is 6.42 Å². The Kier molecular flexibility index (Phi) is 5.78. The van der Waals surface area contributed by atoms with E-state index in [4.69, 9.17) is 14.2 Å². The van der Waals surface area contributed by atoms with Gasteiger partial charge in [-0.1, -0.05) is 30.3 Å². The largest absolute Gasteiger partial charge is 0.497 e. The summed E-state index contributed by atoms with van der Waals surface area (Å²) >= 11 is 0. The molecule has 26 heavy (non-hydrogen) atoms. The van der Waals surface area contributed by atoms with Gasteiger partial charge in [0.1, 0.15) is 29.8 Å². The minimum Gasteiger partial charge on any atom is -0.497 e. The number of benzene rings is 2. The van der Waals surface area contributed by atoms with Crippen LogP contribution in [0.4, 0.5) is 0 Å². The Hall–Kier alpha value is -2.12. The van der Waals surface area contributed by atoms with E-state index in [1.54, 1.807) is 20.1 Å². The Morgan fingerprint density at radius 3 is 2.31 bits per heavy atom. The number of aliphatic hydroxyl groups excluding tert-OH is 3. The fraction of sp³-hybridized carbons (Fsp3) is 0.400. The standard InChI is InChI=1S/C20H24O6/c1-12-17(21)18(22)19(23)20(25-12)26-16-6-4-3-5-14(16)11-13-7-9-15(24-2)10-8-13/h3-10,12,17-23H,11H2,1-2H3/t12-,17-,18+,19-,20+/m1/s1. The van der Waals surface area contributed by atoms with E-state index in [9.17, 15) is 15.3 Å². The highest BCUT2D eigenvalue weighted by atomic mass is 16.7. The number of hydrogen-bond acceptors (Lipinski definition) is 6. The highest BCUT2D eigenvalue weighted by Crippen LogP contribution is 2.28. The van der Waals surface area contributed by atoms with Crippen molar-refractivity contribution in [2.45, 2.75) is 44.1 Å². The lowest BCUT2D eigenvalue weighted by Crippen LogP contribution is -2.58. The first-order valence-corrected chi connectivity index (χ1v) is 8.56. The Labute approximate surface area is 152 Å². The number of hydrogen-bond donors (Lipinski definition) is 3. The van der Waals surface area contributed by atoms with Gasteiger partial charge in [-0.3, -0.25) is 0 Å². The van der Waals surface area contributed by atoms with Gasteiger partial charge >= 0.3 is 0 Å². The molecular weight excluding hydrogens is 336 g/mol. The quantitative estimate of drug-likeness (QED) is 0.749. The van der Waals surface area contributed by atoms with Crippen LogP contribution in [0.1, 0.15) is 18.1 Å². The third-order valence-electron chi connectivity index (χ3n) is 4.58. The van der Waals surface area contributed by atoms with Gasteiger partial charge in [0.15, 0.2) is 0 Å². The maximum absolute atomic E-state index is 10.2. The summed E-state index contributed by atoms with van der Waals surface area (Å²) in [6.07, 6.45) is -4.89. The Balaban J connectivity index is 1.76. The molecule has 0 aromatic heterocycles. The molecule has 0 aliphatic carbocycles. The second-order valence-electron chi connectivity index (χ2n) is 6.43. The molecule has 1 heterocycles. The Morgan fingerprint density at radius 2 is 1.62 bits per heavy atom. The summed E-state index contributed by atoms with van der Waals surface area (Å²) in [5.74, 6) is 1.35. The smallest absolute Gasteiger partial charge is 0.229 e. The molecule has 6 nitrogen and oxygen atoms in total. The average Bonchev–Trinajstić information content (AvgIpc) is 2.66. The summed E-state index contributed by atoms with van der Waals surface area (Å²) in [6.45, 7) is 1.62. The molecule has 0 amide bonds. The topological polar surface area (TPSA) is 88.4 Å². The molecule has 6 heteroatoms. The summed E-state index contributed by atoms with van der Waals surface area (Å²) in [5, 5.41) is 29.9. The summed E-state index contributed by atoms with van der Waals surface area (Å²) in [6, 6.07) is 15.2. The molecule has 1 aliphatic heterocycles. The maximum Gasteiger partial charge on any atom is 0.229 e. The number of methoxy groups -OCH3 is 1. The molecule has 5 atom stereocenters. The second kappa shape index (κ2) is 8.05. The fourth-order valence-corrected chi connectivity index (χ4v) is 2.96. The molecule has 1 saturated heterocycles. The van der Waals surface area contributed by atoms with Crippen molar-refractivity contribution in [3.05, 3.63) is 59.7 Å². The molecule has 0 unspecified atom stereocenters. The van der Waals surface area contributed by atoms with Crippen molar-refractivity contribution in [3.63, 3.8) is 0 Å². The third kappa shape index (κ3) is 3.99. The Morgan fingerprint density at radius 1 is 0.923 bits per heavy atom. The minimum absolute atomic E-state index is 0.558. The van der Waals surface area contributed by atoms with E-state index < -0.39 is 30.7 Å². The SMILES string of the molecule is COc1ccc(Cc2ccccc2O[C@@H]2O[C@H](C)[C@@H](O)[C@H](O)[C@H]2O)cc1. The van der Waals surface area contributed by atoms with E-state index in [0.717, 1.165) is 16.9 Å². The fourth-order valence-electron chi connectivity index (χ4n) is 2.96. The zero-order valence-electron chi connectivity index (χ0n) is 14.8. The van der Waals surface area contributed by atoms with Crippen LogP contribution in [-0.4, -0.2) is 53.1 Å². The van der Waals surface area contributed by atoms with Crippen LogP contribution in [0.15, 0.2) is 48.5 Å². The third-order valence-corrected chi connectivity index (χ3v) is 4.58. The average molecular weight is 360 g/mol. The first kappa shape index (κ1) is 18.7. The van der Waals surface area contributed by atoms with E-state index in [1.807, 2.05) is 42.5 Å². The zero-order valence-corrected chi connectivity index (χ0v) is 14.8. The second-order valence-corrected chi connectivity index (χ2v) is 6.43. The molecule has 0 spiro atoms. The lowest BCUT2D eigenvalue weighted by Gasteiger charge is -2.39. The van der Waals surface area contributed by atoms with Gasteiger partial charge in [0.2, 0.25) is 6.29 Å². The van der Waals surface area contributed by atoms with Gasteiger partial charge in [0.05, 0.1) is 13.2 Å². The van der Waals surface area contributed by atoms with Crippen molar-refractivity contribution in [1.29, 1.82) is 0 Å². The molecule has 0 bridgehead atoms. The van der Waals surface area contributed by atoms with Gasteiger partial charge < -0.3 is 29.5 Å². The molecule has 140 valence electrons. The summed E-state index contributed by atoms with van der Waals surface area (Å²) in [4.78, 5) is 0. The van der Waals surface area contributed by atoms with Crippen molar-refractivity contribution >= 4 is 0 Å². The van der Waals surface area contributed by atoms with Crippen LogP contribution in [-0.2, 0) is 11.2 Å². The van der Waals surface area contributed by atoms with Crippen molar-refractivity contribution in [2.24, 2.45) is 0 Å². The lowest BCUT2D eigenvalue weighted by atomic mass is 10.00. The predicted octanol–water partition coefficient (Wildman–Crippen LogP) is 1.49. The summed E-state index contributed by atoms with van der Waals surface area (Å²) in [5.41, 5.74) is 2.00. The van der Waals surface area contributed by atoms with Crippen LogP contribution in [0.5, 0.6) is 11.5 Å². The molecule has 1 aliphatic rings. The molecule has 3 N–H and O–H groups in total. The van der Waals surface area contributed by atoms with E-state index >= 15 is 0 Å². The zero-order chi connectivity index (χ0) is 18.7. The number of rotatable bonds is 5. The molecule has 3 rings (SSSR count). The van der Waals surface area contributed by atoms with Crippen molar-refractivity contribution in [3.8, 4) is 11.5 Å². The van der Waals surface area contributed by atoms with Crippen LogP contribution in [0.25, 0.3) is 0 Å². The van der Waals surface area contributed by atoms with Crippen molar-refractivity contribution in [1.82, 2.24) is 0 Å². The molecule has 2 aromatic rings. The normalized spacial score (nSPS) is 28.6. The maximum atomic E-state index is 10.2. The van der Waals surface area contributed by atoms with E-state index in [2.05, 4.69) is 0 Å². The monoisotopic (exact) mass is 360 g/mol. The van der Waals surface area contributed by atoms with E-state index in [-0.39, 0.29) is 0 Å². The highest BCUT2D eigenvalue weighted by molar-refractivity contribution is 5.39. The van der Waals surface area contributed by atoms with Crippen LogP contribution < -0.4 is 9.47 Å².